The van der Waals surface area contributed by atoms with Crippen LogP contribution in [0.5, 0.6) is 5.75 Å². The van der Waals surface area contributed by atoms with Crippen molar-refractivity contribution < 1.29 is 4.74 Å². The molecule has 1 aromatic carbocycles. The molecule has 0 saturated heterocycles. The van der Waals surface area contributed by atoms with Crippen molar-refractivity contribution in [2.24, 2.45) is 0 Å². The van der Waals surface area contributed by atoms with Gasteiger partial charge in [-0.2, -0.15) is 0 Å². The van der Waals surface area contributed by atoms with Gasteiger partial charge in [0.05, 0.1) is 6.10 Å². The highest BCUT2D eigenvalue weighted by molar-refractivity contribution is 5.48. The van der Waals surface area contributed by atoms with Crippen LogP contribution in [-0.4, -0.2) is 33.3 Å². The van der Waals surface area contributed by atoms with Crippen LogP contribution in [-0.2, 0) is 0 Å². The first-order valence-corrected chi connectivity index (χ1v) is 6.92. The van der Waals surface area contributed by atoms with Gasteiger partial charge in [-0.15, -0.1) is 0 Å². The maximum Gasteiger partial charge on any atom is 0.119 e. The largest absolute Gasteiger partial charge is 0.490 e. The number of benzene rings is 1. The summed E-state index contributed by atoms with van der Waals surface area (Å²) in [4.78, 5) is 2.25. The molecule has 1 aliphatic rings. The zero-order chi connectivity index (χ0) is 12.8. The molecule has 3 nitrogen and oxygen atoms in total. The van der Waals surface area contributed by atoms with Gasteiger partial charge in [-0.05, 0) is 57.0 Å². The standard InChI is InChI=1S/C15H24N2O/c1-16-11-12-17(2)13-7-9-15(10-8-13)18-14-5-3-4-6-14/h7-10,14,16H,3-6,11-12H2,1-2H3. The number of hydrogen-bond donors (Lipinski definition) is 1. The van der Waals surface area contributed by atoms with Gasteiger partial charge in [-0.1, -0.05) is 0 Å². The zero-order valence-electron chi connectivity index (χ0n) is 11.5. The molecule has 1 fully saturated rings. The number of nitrogens with zero attached hydrogens (tertiary/aromatic N) is 1. The third kappa shape index (κ3) is 3.64. The molecule has 0 bridgehead atoms. The fourth-order valence-corrected chi connectivity index (χ4v) is 2.39. The molecule has 3 heteroatoms. The van der Waals surface area contributed by atoms with E-state index in [0.29, 0.717) is 6.10 Å². The lowest BCUT2D eigenvalue weighted by Gasteiger charge is -2.20. The van der Waals surface area contributed by atoms with Gasteiger partial charge in [0.25, 0.3) is 0 Å². The zero-order valence-corrected chi connectivity index (χ0v) is 11.5. The van der Waals surface area contributed by atoms with Crippen molar-refractivity contribution in [3.05, 3.63) is 24.3 Å². The summed E-state index contributed by atoms with van der Waals surface area (Å²) in [5.74, 6) is 1.01. The highest BCUT2D eigenvalue weighted by Crippen LogP contribution is 2.25. The quantitative estimate of drug-likeness (QED) is 0.837. The van der Waals surface area contributed by atoms with Crippen molar-refractivity contribution in [3.8, 4) is 5.75 Å². The van der Waals surface area contributed by atoms with Crippen molar-refractivity contribution >= 4 is 5.69 Å². The van der Waals surface area contributed by atoms with Gasteiger partial charge in [0, 0.05) is 25.8 Å². The number of anilines is 1. The van der Waals surface area contributed by atoms with Gasteiger partial charge < -0.3 is 15.0 Å². The van der Waals surface area contributed by atoms with Crippen LogP contribution in [0.4, 0.5) is 5.69 Å². The van der Waals surface area contributed by atoms with Crippen LogP contribution < -0.4 is 15.0 Å². The van der Waals surface area contributed by atoms with Crippen molar-refractivity contribution in [2.75, 3.05) is 32.1 Å². The van der Waals surface area contributed by atoms with Crippen molar-refractivity contribution in [3.63, 3.8) is 0 Å². The van der Waals surface area contributed by atoms with Crippen LogP contribution in [0.2, 0.25) is 0 Å². The average molecular weight is 248 g/mol. The summed E-state index contributed by atoms with van der Waals surface area (Å²) >= 11 is 0. The predicted molar refractivity (Wildman–Crippen MR) is 76.5 cm³/mol. The van der Waals surface area contributed by atoms with E-state index in [0.717, 1.165) is 18.8 Å². The van der Waals surface area contributed by atoms with E-state index in [2.05, 4.69) is 41.5 Å². The van der Waals surface area contributed by atoms with E-state index in [1.54, 1.807) is 0 Å². The molecule has 0 atom stereocenters. The summed E-state index contributed by atoms with van der Waals surface area (Å²) in [5, 5.41) is 3.16. The van der Waals surface area contributed by atoms with Crippen molar-refractivity contribution in [1.82, 2.24) is 5.32 Å². The lowest BCUT2D eigenvalue weighted by molar-refractivity contribution is 0.210. The SMILES string of the molecule is CNCCN(C)c1ccc(OC2CCCC2)cc1. The van der Waals surface area contributed by atoms with Crippen LogP contribution in [0.15, 0.2) is 24.3 Å². The molecule has 1 N–H and O–H groups in total. The summed E-state index contributed by atoms with van der Waals surface area (Å²) in [6.07, 6.45) is 5.50. The summed E-state index contributed by atoms with van der Waals surface area (Å²) in [5.41, 5.74) is 1.24. The van der Waals surface area contributed by atoms with Crippen LogP contribution >= 0.6 is 0 Å². The molecule has 2 rings (SSSR count). The molecular weight excluding hydrogens is 224 g/mol. The fourth-order valence-electron chi connectivity index (χ4n) is 2.39. The normalized spacial score (nSPS) is 15.9. The Morgan fingerprint density at radius 1 is 1.22 bits per heavy atom. The van der Waals surface area contributed by atoms with Crippen molar-refractivity contribution in [2.45, 2.75) is 31.8 Å². The van der Waals surface area contributed by atoms with E-state index in [4.69, 9.17) is 4.74 Å². The Balaban J connectivity index is 1.88. The van der Waals surface area contributed by atoms with Gasteiger partial charge in [0.15, 0.2) is 0 Å². The second-order valence-corrected chi connectivity index (χ2v) is 5.04. The first-order chi connectivity index (χ1) is 8.79. The minimum Gasteiger partial charge on any atom is -0.490 e. The Kier molecular flexibility index (Phi) is 4.88. The lowest BCUT2D eigenvalue weighted by Crippen LogP contribution is -2.26. The second-order valence-electron chi connectivity index (χ2n) is 5.04. The monoisotopic (exact) mass is 248 g/mol. The highest BCUT2D eigenvalue weighted by Gasteiger charge is 2.16. The van der Waals surface area contributed by atoms with E-state index >= 15 is 0 Å². The van der Waals surface area contributed by atoms with Crippen LogP contribution in [0.1, 0.15) is 25.7 Å². The second kappa shape index (κ2) is 6.64. The van der Waals surface area contributed by atoms with E-state index in [9.17, 15) is 0 Å². The summed E-state index contributed by atoms with van der Waals surface area (Å²) in [7, 11) is 4.09. The van der Waals surface area contributed by atoms with Gasteiger partial charge in [-0.25, -0.2) is 0 Å². The number of rotatable bonds is 6. The number of ether oxygens (including phenoxy) is 1. The molecule has 0 aliphatic heterocycles. The van der Waals surface area contributed by atoms with E-state index in [1.165, 1.54) is 31.4 Å². The van der Waals surface area contributed by atoms with Gasteiger partial charge in [0.2, 0.25) is 0 Å². The number of likely N-dealkylation sites (N-methyl/N-ethyl adjacent to an activating group) is 2. The molecule has 0 radical (unpaired) electrons. The van der Waals surface area contributed by atoms with Gasteiger partial charge in [0.1, 0.15) is 5.75 Å². The molecular formula is C15H24N2O. The van der Waals surface area contributed by atoms with Gasteiger partial charge >= 0.3 is 0 Å². The molecule has 100 valence electrons. The Hall–Kier alpha value is -1.22. The Morgan fingerprint density at radius 2 is 1.89 bits per heavy atom. The molecule has 1 aromatic rings. The molecule has 0 heterocycles. The topological polar surface area (TPSA) is 24.5 Å². The third-order valence-corrected chi connectivity index (χ3v) is 3.58. The minimum atomic E-state index is 0.442. The Bertz CT molecular complexity index is 344. The first-order valence-electron chi connectivity index (χ1n) is 6.92. The van der Waals surface area contributed by atoms with Crippen LogP contribution in [0.3, 0.4) is 0 Å². The highest BCUT2D eigenvalue weighted by atomic mass is 16.5. The van der Waals surface area contributed by atoms with Gasteiger partial charge in [-0.3, -0.25) is 0 Å². The summed E-state index contributed by atoms with van der Waals surface area (Å²) < 4.78 is 5.96. The Morgan fingerprint density at radius 3 is 2.50 bits per heavy atom. The average Bonchev–Trinajstić information content (AvgIpc) is 2.89. The molecule has 1 saturated carbocycles. The molecule has 0 amide bonds. The molecule has 0 spiro atoms. The van der Waals surface area contributed by atoms with Crippen LogP contribution in [0, 0.1) is 0 Å². The molecule has 18 heavy (non-hydrogen) atoms. The van der Waals surface area contributed by atoms with E-state index in [1.807, 2.05) is 7.05 Å². The summed E-state index contributed by atoms with van der Waals surface area (Å²) in [6.45, 7) is 2.01. The van der Waals surface area contributed by atoms with Crippen molar-refractivity contribution in [1.29, 1.82) is 0 Å². The maximum absolute atomic E-state index is 5.96. The summed E-state index contributed by atoms with van der Waals surface area (Å²) in [6, 6.07) is 8.45. The minimum absolute atomic E-state index is 0.442. The Labute approximate surface area is 110 Å². The number of hydrogen-bond acceptors (Lipinski definition) is 3. The smallest absolute Gasteiger partial charge is 0.119 e. The molecule has 1 aliphatic carbocycles. The molecule has 0 unspecified atom stereocenters. The third-order valence-electron chi connectivity index (χ3n) is 3.58. The predicted octanol–water partition coefficient (Wildman–Crippen LogP) is 2.66. The van der Waals surface area contributed by atoms with E-state index in [-0.39, 0.29) is 0 Å². The van der Waals surface area contributed by atoms with Crippen LogP contribution in [0.25, 0.3) is 0 Å². The first kappa shape index (κ1) is 13.2. The lowest BCUT2D eigenvalue weighted by atomic mass is 10.2. The number of nitrogens with one attached hydrogen (secondary N) is 1. The van der Waals surface area contributed by atoms with E-state index < -0.39 is 0 Å². The fraction of sp³-hybridized carbons (Fsp3) is 0.600. The molecule has 0 aromatic heterocycles. The maximum atomic E-state index is 5.96.